The van der Waals surface area contributed by atoms with Gasteiger partial charge in [-0.05, 0) is 111 Å². The van der Waals surface area contributed by atoms with E-state index in [9.17, 15) is 10.2 Å². The average Bonchev–Trinajstić information content (AvgIpc) is 3.03. The first kappa shape index (κ1) is 21.9. The lowest BCUT2D eigenvalue weighted by Crippen LogP contribution is -2.50. The highest BCUT2D eigenvalue weighted by atomic mass is 16.3. The van der Waals surface area contributed by atoms with Crippen molar-refractivity contribution in [1.29, 1.82) is 0 Å². The van der Waals surface area contributed by atoms with Crippen LogP contribution in [0.5, 0.6) is 0 Å². The van der Waals surface area contributed by atoms with Gasteiger partial charge in [0.2, 0.25) is 0 Å². The minimum Gasteiger partial charge on any atom is -0.393 e. The largest absolute Gasteiger partial charge is 0.393 e. The first-order chi connectivity index (χ1) is 13.7. The molecule has 166 valence electrons. The Morgan fingerprint density at radius 2 is 1.76 bits per heavy atom. The van der Waals surface area contributed by atoms with Crippen LogP contribution >= 0.6 is 0 Å². The van der Waals surface area contributed by atoms with Gasteiger partial charge in [-0.2, -0.15) is 0 Å². The average molecular weight is 403 g/mol. The zero-order valence-corrected chi connectivity index (χ0v) is 19.7. The Morgan fingerprint density at radius 1 is 1.00 bits per heavy atom. The predicted octanol–water partition coefficient (Wildman–Crippen LogP) is 6.36. The quantitative estimate of drug-likeness (QED) is 0.525. The van der Waals surface area contributed by atoms with Gasteiger partial charge < -0.3 is 10.2 Å². The normalized spacial score (nSPS) is 46.5. The summed E-state index contributed by atoms with van der Waals surface area (Å²) in [7, 11) is 0. The summed E-state index contributed by atoms with van der Waals surface area (Å²) in [6.45, 7) is 11.9. The number of allylic oxidation sites excluding steroid dienone is 1. The molecule has 2 nitrogen and oxygen atoms in total. The van der Waals surface area contributed by atoms with Crippen molar-refractivity contribution in [3.63, 3.8) is 0 Å². The fraction of sp³-hybridized carbons (Fsp3) is 0.926. The smallest absolute Gasteiger partial charge is 0.0577 e. The molecule has 0 aliphatic heterocycles. The van der Waals surface area contributed by atoms with Crippen molar-refractivity contribution >= 4 is 0 Å². The van der Waals surface area contributed by atoms with Gasteiger partial charge in [-0.1, -0.05) is 46.3 Å². The lowest BCUT2D eigenvalue weighted by Gasteiger charge is -2.58. The lowest BCUT2D eigenvalue weighted by atomic mass is 9.47. The lowest BCUT2D eigenvalue weighted by molar-refractivity contribution is -0.0579. The maximum atomic E-state index is 10.3. The van der Waals surface area contributed by atoms with Gasteiger partial charge in [0.05, 0.1) is 12.2 Å². The highest BCUT2D eigenvalue weighted by Gasteiger charge is 2.59. The molecule has 29 heavy (non-hydrogen) atoms. The van der Waals surface area contributed by atoms with E-state index in [2.05, 4.69) is 40.7 Å². The van der Waals surface area contributed by atoms with Crippen molar-refractivity contribution < 1.29 is 10.2 Å². The first-order valence-corrected chi connectivity index (χ1v) is 12.7. The molecule has 4 aliphatic carbocycles. The molecule has 4 rings (SSSR count). The van der Waals surface area contributed by atoms with E-state index in [4.69, 9.17) is 0 Å². The molecular weight excluding hydrogens is 356 g/mol. The molecular formula is C27H46O2. The summed E-state index contributed by atoms with van der Waals surface area (Å²) in [5, 5.41) is 20.5. The molecule has 0 amide bonds. The van der Waals surface area contributed by atoms with Crippen LogP contribution in [0.2, 0.25) is 0 Å². The summed E-state index contributed by atoms with van der Waals surface area (Å²) in [4.78, 5) is 0. The minimum atomic E-state index is -0.137. The molecule has 0 heterocycles. The Labute approximate surface area is 179 Å². The van der Waals surface area contributed by atoms with Gasteiger partial charge >= 0.3 is 0 Å². The molecule has 5 unspecified atom stereocenters. The van der Waals surface area contributed by atoms with Gasteiger partial charge in [0.15, 0.2) is 0 Å². The van der Waals surface area contributed by atoms with E-state index in [1.54, 1.807) is 5.57 Å². The van der Waals surface area contributed by atoms with E-state index in [1.807, 2.05) is 0 Å². The molecule has 0 aromatic carbocycles. The molecule has 0 bridgehead atoms. The maximum absolute atomic E-state index is 10.3. The third kappa shape index (κ3) is 3.65. The first-order valence-electron chi connectivity index (χ1n) is 12.7. The van der Waals surface area contributed by atoms with Crippen LogP contribution in [-0.2, 0) is 0 Å². The molecule has 0 aromatic rings. The zero-order valence-electron chi connectivity index (χ0n) is 19.7. The number of rotatable bonds is 5. The molecule has 2 heteroatoms. The highest BCUT2D eigenvalue weighted by Crippen LogP contribution is 2.67. The van der Waals surface area contributed by atoms with Gasteiger partial charge in [0, 0.05) is 0 Å². The summed E-state index contributed by atoms with van der Waals surface area (Å²) >= 11 is 0. The second-order valence-corrected chi connectivity index (χ2v) is 12.3. The van der Waals surface area contributed by atoms with Crippen molar-refractivity contribution in [3.8, 4) is 0 Å². The van der Waals surface area contributed by atoms with E-state index in [1.165, 1.54) is 44.9 Å². The summed E-state index contributed by atoms with van der Waals surface area (Å²) in [5.74, 6) is 4.51. The number of fused-ring (bicyclic) bond motifs is 5. The fourth-order valence-corrected chi connectivity index (χ4v) is 8.59. The second kappa shape index (κ2) is 7.97. The molecule has 4 aliphatic rings. The number of hydrogen-bond acceptors (Lipinski definition) is 2. The second-order valence-electron chi connectivity index (χ2n) is 12.3. The Bertz CT molecular complexity index is 624. The topological polar surface area (TPSA) is 40.5 Å². The minimum absolute atomic E-state index is 0.0994. The molecule has 9 atom stereocenters. The third-order valence-electron chi connectivity index (χ3n) is 10.5. The molecule has 0 spiro atoms. The standard InChI is InChI=1S/C27H46O2/c1-17(2)25(29)11-6-18(3)22-9-10-23-21-8-7-19-16-20(28)12-14-26(19,4)24(21)13-15-27(22,23)5/h7,17-18,20-25,28-29H,6,8-16H2,1-5H3/t18-,20?,21?,22-,23?,24?,25?,26+,27-/m1/s1. The van der Waals surface area contributed by atoms with Crippen LogP contribution in [0.3, 0.4) is 0 Å². The number of hydrogen-bond donors (Lipinski definition) is 2. The third-order valence-corrected chi connectivity index (χ3v) is 10.5. The zero-order chi connectivity index (χ0) is 21.0. The summed E-state index contributed by atoms with van der Waals surface area (Å²) in [5.41, 5.74) is 2.44. The Hall–Kier alpha value is -0.340. The monoisotopic (exact) mass is 402 g/mol. The van der Waals surface area contributed by atoms with Crippen LogP contribution in [0.1, 0.15) is 98.8 Å². The van der Waals surface area contributed by atoms with Crippen molar-refractivity contribution in [2.45, 2.75) is 111 Å². The van der Waals surface area contributed by atoms with Crippen LogP contribution in [-0.4, -0.2) is 22.4 Å². The van der Waals surface area contributed by atoms with Gasteiger partial charge in [-0.25, -0.2) is 0 Å². The van der Waals surface area contributed by atoms with Crippen LogP contribution in [0.15, 0.2) is 11.6 Å². The van der Waals surface area contributed by atoms with Gasteiger partial charge in [-0.3, -0.25) is 0 Å². The molecule has 3 saturated carbocycles. The van der Waals surface area contributed by atoms with Gasteiger partial charge in [0.25, 0.3) is 0 Å². The van der Waals surface area contributed by atoms with E-state index < -0.39 is 0 Å². The molecule has 3 fully saturated rings. The van der Waals surface area contributed by atoms with Gasteiger partial charge in [0.1, 0.15) is 0 Å². The van der Waals surface area contributed by atoms with Crippen LogP contribution < -0.4 is 0 Å². The van der Waals surface area contributed by atoms with Gasteiger partial charge in [-0.15, -0.1) is 0 Å². The van der Waals surface area contributed by atoms with Crippen LogP contribution in [0.25, 0.3) is 0 Å². The Morgan fingerprint density at radius 3 is 2.48 bits per heavy atom. The number of aliphatic hydroxyl groups excluding tert-OH is 2. The summed E-state index contributed by atoms with van der Waals surface area (Å²) < 4.78 is 0. The van der Waals surface area contributed by atoms with E-state index in [0.717, 1.165) is 48.9 Å². The Kier molecular flexibility index (Phi) is 6.01. The number of aliphatic hydroxyl groups is 2. The van der Waals surface area contributed by atoms with E-state index in [-0.39, 0.29) is 12.2 Å². The Balaban J connectivity index is 1.49. The van der Waals surface area contributed by atoms with Crippen LogP contribution in [0, 0.1) is 46.3 Å². The molecule has 2 N–H and O–H groups in total. The van der Waals surface area contributed by atoms with Crippen molar-refractivity contribution in [1.82, 2.24) is 0 Å². The summed E-state index contributed by atoms with van der Waals surface area (Å²) in [6, 6.07) is 0. The molecule has 0 aromatic heterocycles. The van der Waals surface area contributed by atoms with Crippen molar-refractivity contribution in [3.05, 3.63) is 11.6 Å². The maximum Gasteiger partial charge on any atom is 0.0577 e. The SMILES string of the molecule is CC(C)C(O)CC[C@@H](C)[C@H]1CCC2C3CC=C4CC(O)CC[C@]4(C)C3CC[C@@]21C. The van der Waals surface area contributed by atoms with E-state index in [0.29, 0.717) is 16.7 Å². The molecule has 0 radical (unpaired) electrons. The van der Waals surface area contributed by atoms with Crippen molar-refractivity contribution in [2.24, 2.45) is 46.3 Å². The van der Waals surface area contributed by atoms with Crippen LogP contribution in [0.4, 0.5) is 0 Å². The fourth-order valence-electron chi connectivity index (χ4n) is 8.59. The van der Waals surface area contributed by atoms with E-state index >= 15 is 0 Å². The summed E-state index contributed by atoms with van der Waals surface area (Å²) in [6.07, 6.45) is 14.4. The predicted molar refractivity (Wildman–Crippen MR) is 120 cm³/mol. The molecule has 0 saturated heterocycles. The van der Waals surface area contributed by atoms with Crippen molar-refractivity contribution in [2.75, 3.05) is 0 Å². The highest BCUT2D eigenvalue weighted by molar-refractivity contribution is 5.25.